The Morgan fingerprint density at radius 2 is 1.21 bits per heavy atom. The summed E-state index contributed by atoms with van der Waals surface area (Å²) in [6.45, 7) is 15.4. The number of ether oxygens (including phenoxy) is 2. The molecule has 0 heterocycles. The molecule has 2 nitrogen and oxygen atoms in total. The lowest BCUT2D eigenvalue weighted by atomic mass is 10.4. The highest BCUT2D eigenvalue weighted by Gasteiger charge is 2.35. The second-order valence-electron chi connectivity index (χ2n) is 4.95. The van der Waals surface area contributed by atoms with Crippen LogP contribution < -0.4 is 0 Å². The van der Waals surface area contributed by atoms with Gasteiger partial charge in [-0.05, 0) is 33.2 Å². The molecule has 0 amide bonds. The SMILES string of the molecule is CCCOC(CC)(OCCC)[Si](CC)=[Si](CC)CC. The Morgan fingerprint density at radius 3 is 1.47 bits per heavy atom. The fraction of sp³-hybridized carbons (Fsp3) is 1.00. The van der Waals surface area contributed by atoms with E-state index in [2.05, 4.69) is 41.5 Å². The Balaban J connectivity index is 5.41. The summed E-state index contributed by atoms with van der Waals surface area (Å²) in [7, 11) is -0.849. The average Bonchev–Trinajstić information content (AvgIpc) is 2.46. The molecular formula is C15H34O2Si2. The van der Waals surface area contributed by atoms with E-state index >= 15 is 0 Å². The van der Waals surface area contributed by atoms with Gasteiger partial charge >= 0.3 is 0 Å². The molecule has 0 bridgehead atoms. The summed E-state index contributed by atoms with van der Waals surface area (Å²) in [5.41, 5.74) is -0.217. The first-order chi connectivity index (χ1) is 9.15. The molecule has 0 N–H and O–H groups in total. The summed E-state index contributed by atoms with van der Waals surface area (Å²) in [5, 5.41) is 0. The van der Waals surface area contributed by atoms with Crippen molar-refractivity contribution < 1.29 is 9.47 Å². The molecule has 0 atom stereocenters. The van der Waals surface area contributed by atoms with Gasteiger partial charge in [-0.25, -0.2) is 0 Å². The third-order valence-corrected chi connectivity index (χ3v) is 15.4. The van der Waals surface area contributed by atoms with Crippen LogP contribution in [0.5, 0.6) is 0 Å². The molecule has 0 unspecified atom stereocenters. The zero-order valence-corrected chi connectivity index (χ0v) is 16.0. The Kier molecular flexibility index (Phi) is 11.3. The van der Waals surface area contributed by atoms with E-state index < -0.39 is 7.89 Å². The van der Waals surface area contributed by atoms with Crippen LogP contribution in [0.15, 0.2) is 0 Å². The van der Waals surface area contributed by atoms with E-state index in [1.807, 2.05) is 0 Å². The molecular weight excluding hydrogens is 268 g/mol. The number of rotatable bonds is 11. The summed E-state index contributed by atoms with van der Waals surface area (Å²) in [4.78, 5) is 0. The topological polar surface area (TPSA) is 18.5 Å². The van der Waals surface area contributed by atoms with Gasteiger partial charge in [0.25, 0.3) is 0 Å². The standard InChI is InChI=1S/C15H34O2Si2/c1-7-13-16-15(9-3,17-14-8-2)19(12-6)18(10-4)11-5/h7-14H2,1-6H3. The summed E-state index contributed by atoms with van der Waals surface area (Å²) >= 11 is 0. The first-order valence-electron chi connectivity index (χ1n) is 8.14. The van der Waals surface area contributed by atoms with Crippen LogP contribution in [0.3, 0.4) is 0 Å². The molecule has 0 spiro atoms. The quantitative estimate of drug-likeness (QED) is 0.410. The summed E-state index contributed by atoms with van der Waals surface area (Å²) in [5.74, 6) is 0. The van der Waals surface area contributed by atoms with Crippen molar-refractivity contribution in [3.05, 3.63) is 0 Å². The van der Waals surface area contributed by atoms with Crippen LogP contribution in [-0.4, -0.2) is 34.4 Å². The van der Waals surface area contributed by atoms with E-state index in [1.165, 1.54) is 18.1 Å². The Morgan fingerprint density at radius 1 is 0.737 bits per heavy atom. The smallest absolute Gasteiger partial charge is 0.162 e. The minimum Gasteiger partial charge on any atom is -0.351 e. The first-order valence-corrected chi connectivity index (χ1v) is 12.8. The molecule has 4 heteroatoms. The van der Waals surface area contributed by atoms with E-state index in [-0.39, 0.29) is 13.3 Å². The normalized spacial score (nSPS) is 11.7. The van der Waals surface area contributed by atoms with E-state index in [4.69, 9.17) is 9.47 Å². The van der Waals surface area contributed by atoms with Gasteiger partial charge in [-0.15, -0.1) is 0 Å². The molecule has 0 aliphatic rings. The number of hydrogen-bond donors (Lipinski definition) is 0. The molecule has 0 saturated carbocycles. The molecule has 0 aromatic rings. The Hall–Kier alpha value is 0.354. The van der Waals surface area contributed by atoms with Crippen LogP contribution in [0.25, 0.3) is 0 Å². The highest BCUT2D eigenvalue weighted by molar-refractivity contribution is 6.97. The van der Waals surface area contributed by atoms with Crippen molar-refractivity contribution in [2.45, 2.75) is 84.3 Å². The minimum absolute atomic E-state index is 0.217. The lowest BCUT2D eigenvalue weighted by Gasteiger charge is -2.36. The average molecular weight is 303 g/mol. The van der Waals surface area contributed by atoms with Crippen molar-refractivity contribution in [1.29, 1.82) is 0 Å². The Labute approximate surface area is 123 Å². The summed E-state index contributed by atoms with van der Waals surface area (Å²) < 4.78 is 12.6. The van der Waals surface area contributed by atoms with Gasteiger partial charge in [-0.1, -0.05) is 53.6 Å². The molecule has 0 rings (SSSR count). The second-order valence-corrected chi connectivity index (χ2v) is 13.9. The predicted molar refractivity (Wildman–Crippen MR) is 88.5 cm³/mol. The zero-order valence-electron chi connectivity index (χ0n) is 14.0. The molecule has 0 aliphatic carbocycles. The maximum Gasteiger partial charge on any atom is 0.162 e. The predicted octanol–water partition coefficient (Wildman–Crippen LogP) is 4.61. The van der Waals surface area contributed by atoms with Gasteiger partial charge in [0.1, 0.15) is 0 Å². The van der Waals surface area contributed by atoms with Crippen LogP contribution in [0.2, 0.25) is 18.1 Å². The van der Waals surface area contributed by atoms with Crippen molar-refractivity contribution in [3.8, 4) is 0 Å². The van der Waals surface area contributed by atoms with E-state index in [0.29, 0.717) is 0 Å². The largest absolute Gasteiger partial charge is 0.351 e. The van der Waals surface area contributed by atoms with Crippen LogP contribution in [0, 0.1) is 0 Å². The van der Waals surface area contributed by atoms with E-state index in [9.17, 15) is 0 Å². The van der Waals surface area contributed by atoms with E-state index in [0.717, 1.165) is 32.5 Å². The molecule has 0 aromatic carbocycles. The highest BCUT2D eigenvalue weighted by Crippen LogP contribution is 2.23. The van der Waals surface area contributed by atoms with Crippen molar-refractivity contribution in [2.75, 3.05) is 13.2 Å². The first kappa shape index (κ1) is 19.4. The molecule has 0 fully saturated rings. The van der Waals surface area contributed by atoms with Crippen molar-refractivity contribution in [3.63, 3.8) is 0 Å². The minimum atomic E-state index is -0.560. The van der Waals surface area contributed by atoms with Crippen LogP contribution in [0.1, 0.15) is 60.8 Å². The van der Waals surface area contributed by atoms with Gasteiger partial charge in [0.2, 0.25) is 0 Å². The van der Waals surface area contributed by atoms with Gasteiger partial charge < -0.3 is 9.47 Å². The fourth-order valence-corrected chi connectivity index (χ4v) is 13.2. The summed E-state index contributed by atoms with van der Waals surface area (Å²) in [6, 6.07) is 3.99. The molecule has 0 aliphatic heterocycles. The van der Waals surface area contributed by atoms with Gasteiger partial charge in [0, 0.05) is 13.2 Å². The molecule has 0 saturated heterocycles. The monoisotopic (exact) mass is 302 g/mol. The van der Waals surface area contributed by atoms with E-state index in [1.54, 1.807) is 0 Å². The van der Waals surface area contributed by atoms with Gasteiger partial charge in [0.05, 0.1) is 7.89 Å². The molecule has 114 valence electrons. The Bertz CT molecular complexity index is 251. The fourth-order valence-electron chi connectivity index (χ4n) is 2.63. The van der Waals surface area contributed by atoms with Crippen LogP contribution >= 0.6 is 0 Å². The third-order valence-electron chi connectivity index (χ3n) is 3.64. The van der Waals surface area contributed by atoms with Crippen molar-refractivity contribution >= 4 is 15.8 Å². The second kappa shape index (κ2) is 11.1. The maximum absolute atomic E-state index is 6.32. The van der Waals surface area contributed by atoms with Crippen molar-refractivity contribution in [1.82, 2.24) is 0 Å². The van der Waals surface area contributed by atoms with Gasteiger partial charge in [-0.3, -0.25) is 0 Å². The van der Waals surface area contributed by atoms with Gasteiger partial charge in [-0.2, -0.15) is 0 Å². The van der Waals surface area contributed by atoms with Crippen LogP contribution in [0.4, 0.5) is 0 Å². The lowest BCUT2D eigenvalue weighted by Crippen LogP contribution is -2.49. The zero-order chi connectivity index (χ0) is 14.7. The molecule has 19 heavy (non-hydrogen) atoms. The van der Waals surface area contributed by atoms with Gasteiger partial charge in [0.15, 0.2) is 5.41 Å². The molecule has 0 radical (unpaired) electrons. The number of hydrogen-bond acceptors (Lipinski definition) is 2. The van der Waals surface area contributed by atoms with Crippen molar-refractivity contribution in [2.24, 2.45) is 0 Å². The summed E-state index contributed by atoms with van der Waals surface area (Å²) in [6.07, 6.45) is 3.18. The third kappa shape index (κ3) is 5.70. The maximum atomic E-state index is 6.32. The van der Waals surface area contributed by atoms with Crippen LogP contribution in [-0.2, 0) is 9.47 Å². The highest BCUT2D eigenvalue weighted by atomic mass is 28.9. The lowest BCUT2D eigenvalue weighted by molar-refractivity contribution is -0.183. The molecule has 0 aromatic heterocycles.